The van der Waals surface area contributed by atoms with Crippen molar-refractivity contribution in [1.29, 1.82) is 0 Å². The van der Waals surface area contributed by atoms with Crippen molar-refractivity contribution in [2.75, 3.05) is 6.16 Å². The molecule has 0 bridgehead atoms. The quantitative estimate of drug-likeness (QED) is 0.352. The van der Waals surface area contributed by atoms with E-state index in [1.807, 2.05) is 0 Å². The standard InChI is InChI=1S/C4H10P.3Tb/c1-2-3-4-5;;;/h1-5H2;;;/q-1;;;. The second-order valence-corrected chi connectivity index (χ2v) is 1.57. The number of hydrogen-bond acceptors (Lipinski definition) is 0. The molecule has 0 heterocycles. The van der Waals surface area contributed by atoms with Crippen LogP contribution in [0.25, 0.3) is 0 Å². The van der Waals surface area contributed by atoms with Crippen molar-refractivity contribution in [2.45, 2.75) is 12.8 Å². The van der Waals surface area contributed by atoms with Gasteiger partial charge in [0.1, 0.15) is 0 Å². The summed E-state index contributed by atoms with van der Waals surface area (Å²) in [7, 11) is 2.66. The Kier molecular flexibility index (Phi) is 64.1. The first-order valence-electron chi connectivity index (χ1n) is 1.91. The van der Waals surface area contributed by atoms with Crippen LogP contribution in [0.1, 0.15) is 12.8 Å². The van der Waals surface area contributed by atoms with Crippen LogP contribution in [0.15, 0.2) is 0 Å². The molecule has 1 unspecified atom stereocenters. The second kappa shape index (κ2) is 22.5. The first-order valence-corrected chi connectivity index (χ1v) is 2.72. The molecule has 1 atom stereocenters. The molecule has 0 aliphatic carbocycles. The summed E-state index contributed by atoms with van der Waals surface area (Å²) < 4.78 is 0. The Morgan fingerprint density at radius 3 is 1.50 bits per heavy atom. The summed E-state index contributed by atoms with van der Waals surface area (Å²) in [5, 5.41) is 0. The maximum Gasteiger partial charge on any atom is 0 e. The van der Waals surface area contributed by atoms with Gasteiger partial charge in [-0.05, 0) is 6.16 Å². The molecule has 0 aliphatic rings. The largest absolute Gasteiger partial charge is 0.343 e. The third-order valence-electron chi connectivity index (χ3n) is 0.454. The van der Waals surface area contributed by atoms with Gasteiger partial charge in [0.15, 0.2) is 0 Å². The van der Waals surface area contributed by atoms with Gasteiger partial charge in [0.25, 0.3) is 0 Å². The Morgan fingerprint density at radius 1 is 1.12 bits per heavy atom. The third kappa shape index (κ3) is 22.4. The molecule has 0 N–H and O–H groups in total. The smallest absolute Gasteiger partial charge is 0 e. The number of hydrogen-bond donors (Lipinski definition) is 0. The fraction of sp³-hybridized carbons (Fsp3) is 0.750. The van der Waals surface area contributed by atoms with Crippen LogP contribution < -0.4 is 0 Å². The molecule has 4 heteroatoms. The molecule has 8 heavy (non-hydrogen) atoms. The van der Waals surface area contributed by atoms with E-state index in [1.165, 1.54) is 12.6 Å². The van der Waals surface area contributed by atoms with E-state index in [-0.39, 0.29) is 116 Å². The molecule has 0 saturated carbocycles. The van der Waals surface area contributed by atoms with Gasteiger partial charge in [0.05, 0.1) is 0 Å². The van der Waals surface area contributed by atoms with Crippen molar-refractivity contribution < 1.29 is 116 Å². The van der Waals surface area contributed by atoms with E-state index in [0.717, 1.165) is 6.42 Å². The van der Waals surface area contributed by atoms with Crippen LogP contribution in [-0.4, -0.2) is 6.16 Å². The van der Waals surface area contributed by atoms with Gasteiger partial charge >= 0.3 is 0 Å². The van der Waals surface area contributed by atoms with Crippen LogP contribution in [0.3, 0.4) is 0 Å². The Balaban J connectivity index is -0.0000000267. The van der Waals surface area contributed by atoms with Crippen LogP contribution in [0.5, 0.6) is 0 Å². The number of rotatable bonds is 2. The minimum Gasteiger partial charge on any atom is -0.343 e. The van der Waals surface area contributed by atoms with E-state index in [0.29, 0.717) is 0 Å². The Bertz CT molecular complexity index is 18.8. The van der Waals surface area contributed by atoms with Gasteiger partial charge in [-0.15, -0.1) is 9.24 Å². The van der Waals surface area contributed by atoms with E-state index in [2.05, 4.69) is 16.2 Å². The molecule has 0 saturated heterocycles. The SMILES string of the molecule is [CH2-]CCCP.[Tb].[Tb].[Tb]. The molecule has 0 amide bonds. The Morgan fingerprint density at radius 2 is 1.50 bits per heavy atom. The fourth-order valence-corrected chi connectivity index (χ4v) is 0.433. The van der Waals surface area contributed by atoms with E-state index < -0.39 is 0 Å². The summed E-state index contributed by atoms with van der Waals surface area (Å²) in [5.41, 5.74) is 0. The summed E-state index contributed by atoms with van der Waals surface area (Å²) in [4.78, 5) is 0. The molecular formula is C4H10PTb3-. The number of unbranched alkanes of at least 4 members (excludes halogenated alkanes) is 1. The minimum absolute atomic E-state index is 0. The fourth-order valence-electron chi connectivity index (χ4n) is 0.144. The molecular weight excluding hydrogens is 556 g/mol. The summed E-state index contributed by atoms with van der Waals surface area (Å²) in [6, 6.07) is 0. The van der Waals surface area contributed by atoms with Gasteiger partial charge in [-0.25, -0.2) is 0 Å². The van der Waals surface area contributed by atoms with E-state index in [4.69, 9.17) is 0 Å². The predicted molar refractivity (Wildman–Crippen MR) is 29.2 cm³/mol. The minimum atomic E-state index is 0. The van der Waals surface area contributed by atoms with E-state index in [9.17, 15) is 0 Å². The predicted octanol–water partition coefficient (Wildman–Crippen LogP) is 1.48. The Hall–Kier alpha value is 4.29. The molecule has 0 aromatic rings. The van der Waals surface area contributed by atoms with Gasteiger partial charge in [0, 0.05) is 116 Å². The zero-order valence-electron chi connectivity index (χ0n) is 4.41. The molecule has 0 aromatic heterocycles. The third-order valence-corrected chi connectivity index (χ3v) is 0.862. The van der Waals surface area contributed by atoms with E-state index in [1.54, 1.807) is 0 Å². The summed E-state index contributed by atoms with van der Waals surface area (Å²) in [6.45, 7) is 3.66. The van der Waals surface area contributed by atoms with Crippen LogP contribution in [-0.2, 0) is 0 Å². The summed E-state index contributed by atoms with van der Waals surface area (Å²) >= 11 is 0. The summed E-state index contributed by atoms with van der Waals surface area (Å²) in [6.07, 6.45) is 3.51. The topological polar surface area (TPSA) is 0 Å². The average Bonchev–Trinajstić information content (AvgIpc) is 1.41. The van der Waals surface area contributed by atoms with Gasteiger partial charge in [-0.1, -0.05) is 6.42 Å². The second-order valence-electron chi connectivity index (χ2n) is 0.996. The van der Waals surface area contributed by atoms with Crippen LogP contribution in [0, 0.1) is 123 Å². The van der Waals surface area contributed by atoms with Crippen molar-refractivity contribution in [2.24, 2.45) is 0 Å². The molecule has 0 fully saturated rings. The van der Waals surface area contributed by atoms with Crippen LogP contribution in [0.2, 0.25) is 0 Å². The monoisotopic (exact) mass is 566 g/mol. The van der Waals surface area contributed by atoms with Gasteiger partial charge in [-0.3, -0.25) is 0 Å². The first kappa shape index (κ1) is 22.8. The maximum atomic E-state index is 3.66. The first-order chi connectivity index (χ1) is 2.41. The normalized spacial score (nSPS) is 5.25. The zero-order valence-corrected chi connectivity index (χ0v) is 12.0. The van der Waals surface area contributed by atoms with Crippen molar-refractivity contribution in [3.05, 3.63) is 6.92 Å². The van der Waals surface area contributed by atoms with Crippen LogP contribution >= 0.6 is 9.24 Å². The zero-order chi connectivity index (χ0) is 4.12. The molecule has 0 nitrogen and oxygen atoms in total. The molecule has 0 rings (SSSR count). The summed E-state index contributed by atoms with van der Waals surface area (Å²) in [5.74, 6) is 0. The van der Waals surface area contributed by atoms with Gasteiger partial charge in [0.2, 0.25) is 0 Å². The molecule has 0 aliphatic heterocycles. The van der Waals surface area contributed by atoms with Gasteiger partial charge in [-0.2, -0.15) is 6.42 Å². The van der Waals surface area contributed by atoms with E-state index >= 15 is 0 Å². The van der Waals surface area contributed by atoms with Gasteiger partial charge < -0.3 is 6.92 Å². The van der Waals surface area contributed by atoms with Crippen LogP contribution in [0.4, 0.5) is 0 Å². The average molecular weight is 566 g/mol. The van der Waals surface area contributed by atoms with Crippen molar-refractivity contribution in [3.8, 4) is 0 Å². The molecule has 0 spiro atoms. The Labute approximate surface area is 147 Å². The molecule has 0 aromatic carbocycles. The van der Waals surface area contributed by atoms with Crippen molar-refractivity contribution in [3.63, 3.8) is 0 Å². The molecule has 59 valence electrons. The van der Waals surface area contributed by atoms with Crippen molar-refractivity contribution in [1.82, 2.24) is 0 Å². The van der Waals surface area contributed by atoms with Crippen molar-refractivity contribution >= 4 is 9.24 Å². The molecule has 3 radical (unpaired) electrons. The maximum absolute atomic E-state index is 3.66.